The van der Waals surface area contributed by atoms with Crippen LogP contribution in [0.25, 0.3) is 11.1 Å². The molecule has 0 bridgehead atoms. The summed E-state index contributed by atoms with van der Waals surface area (Å²) in [4.78, 5) is 10.5. The predicted molar refractivity (Wildman–Crippen MR) is 61.2 cm³/mol. The van der Waals surface area contributed by atoms with Crippen molar-refractivity contribution in [2.24, 2.45) is 0 Å². The lowest BCUT2D eigenvalue weighted by molar-refractivity contribution is -0.137. The minimum atomic E-state index is -0.935. The van der Waals surface area contributed by atoms with E-state index in [4.69, 9.17) is 5.11 Å². The van der Waals surface area contributed by atoms with Crippen molar-refractivity contribution < 1.29 is 15.0 Å². The summed E-state index contributed by atoms with van der Waals surface area (Å²) in [5.41, 5.74) is 2.46. The van der Waals surface area contributed by atoms with Crippen molar-refractivity contribution in [1.82, 2.24) is 9.78 Å². The Morgan fingerprint density at radius 3 is 2.82 bits per heavy atom. The Hall–Kier alpha value is -2.14. The molecular weight excluding hydrogens is 220 g/mol. The second kappa shape index (κ2) is 4.80. The number of aliphatic hydroxyl groups excluding tert-OH is 1. The lowest BCUT2D eigenvalue weighted by atomic mass is 10.0. The van der Waals surface area contributed by atoms with Gasteiger partial charge in [0.15, 0.2) is 0 Å². The zero-order chi connectivity index (χ0) is 12.3. The molecule has 2 N–H and O–H groups in total. The molecule has 0 spiro atoms. The van der Waals surface area contributed by atoms with E-state index in [9.17, 15) is 9.90 Å². The van der Waals surface area contributed by atoms with Gasteiger partial charge < -0.3 is 10.2 Å². The highest BCUT2D eigenvalue weighted by molar-refractivity contribution is 5.68. The van der Waals surface area contributed by atoms with Gasteiger partial charge in [-0.1, -0.05) is 24.3 Å². The van der Waals surface area contributed by atoms with Crippen LogP contribution in [-0.4, -0.2) is 26.0 Å². The summed E-state index contributed by atoms with van der Waals surface area (Å²) in [6.45, 7) is -0.221. The maximum atomic E-state index is 10.5. The molecule has 0 aliphatic carbocycles. The lowest BCUT2D eigenvalue weighted by Gasteiger charge is -2.03. The van der Waals surface area contributed by atoms with Crippen LogP contribution in [0, 0.1) is 0 Å². The van der Waals surface area contributed by atoms with Crippen molar-refractivity contribution in [1.29, 1.82) is 0 Å². The molecule has 0 radical (unpaired) electrons. The topological polar surface area (TPSA) is 75.3 Å². The fourth-order valence-corrected chi connectivity index (χ4v) is 1.67. The molecule has 5 nitrogen and oxygen atoms in total. The standard InChI is InChI=1S/C12H12N2O3/c15-8-9-3-1-2-4-11(9)10-5-13-14(6-10)7-12(16)17/h1-6,15H,7-8H2,(H,16,17). The third-order valence-corrected chi connectivity index (χ3v) is 2.43. The summed E-state index contributed by atoms with van der Waals surface area (Å²) in [6, 6.07) is 7.40. The summed E-state index contributed by atoms with van der Waals surface area (Å²) in [5, 5.41) is 21.8. The first-order valence-corrected chi connectivity index (χ1v) is 5.14. The Labute approximate surface area is 97.9 Å². The molecule has 2 aromatic rings. The van der Waals surface area contributed by atoms with Gasteiger partial charge in [0.25, 0.3) is 0 Å². The number of benzene rings is 1. The molecule has 0 saturated heterocycles. The van der Waals surface area contributed by atoms with Crippen molar-refractivity contribution in [2.45, 2.75) is 13.2 Å². The van der Waals surface area contributed by atoms with Crippen LogP contribution in [0.3, 0.4) is 0 Å². The van der Waals surface area contributed by atoms with E-state index in [0.29, 0.717) is 0 Å². The van der Waals surface area contributed by atoms with E-state index in [1.54, 1.807) is 12.4 Å². The van der Waals surface area contributed by atoms with Gasteiger partial charge in [-0.3, -0.25) is 9.48 Å². The number of aliphatic carboxylic acids is 1. The zero-order valence-electron chi connectivity index (χ0n) is 9.08. The summed E-state index contributed by atoms with van der Waals surface area (Å²) in [6.07, 6.45) is 3.25. The molecule has 0 saturated carbocycles. The fourth-order valence-electron chi connectivity index (χ4n) is 1.67. The third kappa shape index (κ3) is 2.51. The molecule has 0 aliphatic rings. The van der Waals surface area contributed by atoms with Crippen LogP contribution in [0.4, 0.5) is 0 Å². The SMILES string of the molecule is O=C(O)Cn1cc(-c2ccccc2CO)cn1. The van der Waals surface area contributed by atoms with Crippen LogP contribution in [0.15, 0.2) is 36.7 Å². The molecule has 0 fully saturated rings. The Morgan fingerprint density at radius 2 is 2.12 bits per heavy atom. The highest BCUT2D eigenvalue weighted by Gasteiger charge is 2.07. The second-order valence-electron chi connectivity index (χ2n) is 3.64. The number of carboxylic acids is 1. The predicted octanol–water partition coefficient (Wildman–Crippen LogP) is 1.13. The van der Waals surface area contributed by atoms with Crippen LogP contribution in [0.2, 0.25) is 0 Å². The monoisotopic (exact) mass is 232 g/mol. The maximum absolute atomic E-state index is 10.5. The van der Waals surface area contributed by atoms with E-state index in [1.165, 1.54) is 4.68 Å². The number of carboxylic acid groups (broad SMARTS) is 1. The lowest BCUT2D eigenvalue weighted by Crippen LogP contribution is -2.08. The number of aliphatic hydroxyl groups is 1. The highest BCUT2D eigenvalue weighted by atomic mass is 16.4. The number of carbonyl (C=O) groups is 1. The Morgan fingerprint density at radius 1 is 1.35 bits per heavy atom. The summed E-state index contributed by atoms with van der Waals surface area (Å²) < 4.78 is 1.35. The maximum Gasteiger partial charge on any atom is 0.325 e. The van der Waals surface area contributed by atoms with Crippen molar-refractivity contribution in [3.05, 3.63) is 42.2 Å². The van der Waals surface area contributed by atoms with Gasteiger partial charge in [0.05, 0.1) is 12.8 Å². The van der Waals surface area contributed by atoms with E-state index in [2.05, 4.69) is 5.10 Å². The first-order chi connectivity index (χ1) is 8.20. The molecule has 1 aromatic heterocycles. The van der Waals surface area contributed by atoms with Crippen LogP contribution in [0.5, 0.6) is 0 Å². The zero-order valence-corrected chi connectivity index (χ0v) is 9.08. The molecule has 1 heterocycles. The average molecular weight is 232 g/mol. The summed E-state index contributed by atoms with van der Waals surface area (Å²) in [7, 11) is 0. The van der Waals surface area contributed by atoms with Gasteiger partial charge >= 0.3 is 5.97 Å². The average Bonchev–Trinajstić information content (AvgIpc) is 2.76. The molecule has 0 amide bonds. The van der Waals surface area contributed by atoms with E-state index < -0.39 is 5.97 Å². The van der Waals surface area contributed by atoms with Gasteiger partial charge in [-0.05, 0) is 11.1 Å². The first kappa shape index (κ1) is 11.3. The van der Waals surface area contributed by atoms with Gasteiger partial charge in [0.1, 0.15) is 6.54 Å². The van der Waals surface area contributed by atoms with E-state index in [0.717, 1.165) is 16.7 Å². The number of rotatable bonds is 4. The molecule has 88 valence electrons. The van der Waals surface area contributed by atoms with Gasteiger partial charge in [-0.2, -0.15) is 5.10 Å². The van der Waals surface area contributed by atoms with Gasteiger partial charge in [-0.15, -0.1) is 0 Å². The molecular formula is C12H12N2O3. The first-order valence-electron chi connectivity index (χ1n) is 5.14. The highest BCUT2D eigenvalue weighted by Crippen LogP contribution is 2.22. The largest absolute Gasteiger partial charge is 0.480 e. The number of hydrogen-bond donors (Lipinski definition) is 2. The minimum absolute atomic E-state index is 0.0553. The fraction of sp³-hybridized carbons (Fsp3) is 0.167. The molecule has 0 unspecified atom stereocenters. The van der Waals surface area contributed by atoms with Gasteiger partial charge in [0, 0.05) is 11.8 Å². The van der Waals surface area contributed by atoms with Gasteiger partial charge in [0.2, 0.25) is 0 Å². The van der Waals surface area contributed by atoms with Crippen LogP contribution < -0.4 is 0 Å². The van der Waals surface area contributed by atoms with Crippen LogP contribution in [-0.2, 0) is 17.9 Å². The summed E-state index contributed by atoms with van der Waals surface area (Å²) >= 11 is 0. The smallest absolute Gasteiger partial charge is 0.325 e. The number of nitrogens with zero attached hydrogens (tertiary/aromatic N) is 2. The minimum Gasteiger partial charge on any atom is -0.480 e. The van der Waals surface area contributed by atoms with Crippen molar-refractivity contribution in [3.63, 3.8) is 0 Å². The van der Waals surface area contributed by atoms with Gasteiger partial charge in [-0.25, -0.2) is 0 Å². The van der Waals surface area contributed by atoms with E-state index in [-0.39, 0.29) is 13.2 Å². The second-order valence-corrected chi connectivity index (χ2v) is 3.64. The normalized spacial score (nSPS) is 10.4. The Kier molecular flexibility index (Phi) is 3.20. The molecule has 0 aliphatic heterocycles. The third-order valence-electron chi connectivity index (χ3n) is 2.43. The molecule has 5 heteroatoms. The number of hydrogen-bond acceptors (Lipinski definition) is 3. The Bertz CT molecular complexity index is 534. The van der Waals surface area contributed by atoms with Crippen LogP contribution in [0.1, 0.15) is 5.56 Å². The molecule has 17 heavy (non-hydrogen) atoms. The van der Waals surface area contributed by atoms with Crippen molar-refractivity contribution >= 4 is 5.97 Å². The van der Waals surface area contributed by atoms with Crippen LogP contribution >= 0.6 is 0 Å². The summed E-state index contributed by atoms with van der Waals surface area (Å²) in [5.74, 6) is -0.935. The molecule has 2 rings (SSSR count). The van der Waals surface area contributed by atoms with E-state index >= 15 is 0 Å². The van der Waals surface area contributed by atoms with Crippen molar-refractivity contribution in [2.75, 3.05) is 0 Å². The quantitative estimate of drug-likeness (QED) is 0.828. The number of aromatic nitrogens is 2. The van der Waals surface area contributed by atoms with E-state index in [1.807, 2.05) is 24.3 Å². The molecule has 0 atom stereocenters. The van der Waals surface area contributed by atoms with Crippen molar-refractivity contribution in [3.8, 4) is 11.1 Å². The Balaban J connectivity index is 2.33. The molecule has 1 aromatic carbocycles.